The van der Waals surface area contributed by atoms with Crippen molar-refractivity contribution in [1.82, 2.24) is 10.2 Å². The van der Waals surface area contributed by atoms with Gasteiger partial charge in [0.2, 0.25) is 21.8 Å². The van der Waals surface area contributed by atoms with Gasteiger partial charge in [0.05, 0.1) is 11.9 Å². The van der Waals surface area contributed by atoms with Gasteiger partial charge >= 0.3 is 0 Å². The number of carbonyl (C=O) groups excluding carboxylic acids is 2. The molecule has 7 nitrogen and oxygen atoms in total. The highest BCUT2D eigenvalue weighted by Gasteiger charge is 2.51. The first-order valence-corrected chi connectivity index (χ1v) is 18.6. The molecule has 1 atom stereocenters. The molecule has 4 fully saturated rings. The summed E-state index contributed by atoms with van der Waals surface area (Å²) in [6.07, 6.45) is 8.96. The summed E-state index contributed by atoms with van der Waals surface area (Å²) in [5.41, 5.74) is 3.18. The maximum Gasteiger partial charge on any atom is 0.244 e. The largest absolute Gasteiger partial charge is 0.357 e. The van der Waals surface area contributed by atoms with E-state index in [0.29, 0.717) is 21.3 Å². The number of halogens is 2. The first-order chi connectivity index (χ1) is 22.0. The molecule has 0 spiro atoms. The summed E-state index contributed by atoms with van der Waals surface area (Å²) in [5.74, 6) is 1.44. The third-order valence-electron chi connectivity index (χ3n) is 10.4. The van der Waals surface area contributed by atoms with Gasteiger partial charge in [0.15, 0.2) is 0 Å². The quantitative estimate of drug-likeness (QED) is 0.247. The number of rotatable bonds is 11. The number of carbonyl (C=O) groups is 2. The lowest BCUT2D eigenvalue weighted by Crippen LogP contribution is -2.53. The van der Waals surface area contributed by atoms with E-state index in [1.54, 1.807) is 18.2 Å². The standard InChI is InChI=1S/C36H41Cl2N3O4S/c1-39-35(43)33(18-24-7-4-3-5-8-24)40(22-30-31(37)9-6-10-32(30)38)34(42)23-41(46(2,44)45)29-13-11-28(12-14-29)36-19-25-15-26(20-36)17-27(16-25)21-36/h3-14,25-27,33H,15-23H2,1-2H3,(H,39,43)/t25?,26?,27?,33-,36?/m1/s1. The Kier molecular flexibility index (Phi) is 9.43. The van der Waals surface area contributed by atoms with Gasteiger partial charge in [0.25, 0.3) is 0 Å². The van der Waals surface area contributed by atoms with Crippen LogP contribution in [0.4, 0.5) is 5.69 Å². The Morgan fingerprint density at radius 1 is 0.870 bits per heavy atom. The fourth-order valence-corrected chi connectivity index (χ4v) is 10.0. The molecule has 3 aromatic rings. The van der Waals surface area contributed by atoms with Crippen molar-refractivity contribution >= 4 is 50.7 Å². The van der Waals surface area contributed by atoms with Crippen LogP contribution in [-0.4, -0.2) is 51.0 Å². The smallest absolute Gasteiger partial charge is 0.244 e. The molecule has 7 rings (SSSR count). The lowest BCUT2D eigenvalue weighted by Gasteiger charge is -2.57. The molecular formula is C36H41Cl2N3O4S. The van der Waals surface area contributed by atoms with E-state index in [1.165, 1.54) is 56.0 Å². The number of anilines is 1. The number of benzene rings is 3. The monoisotopic (exact) mass is 681 g/mol. The van der Waals surface area contributed by atoms with Gasteiger partial charge in [-0.1, -0.05) is 71.7 Å². The Bertz CT molecular complexity index is 1640. The Morgan fingerprint density at radius 3 is 1.96 bits per heavy atom. The lowest BCUT2D eigenvalue weighted by molar-refractivity contribution is -0.139. The van der Waals surface area contributed by atoms with E-state index in [2.05, 4.69) is 17.4 Å². The van der Waals surface area contributed by atoms with E-state index in [4.69, 9.17) is 23.2 Å². The highest BCUT2D eigenvalue weighted by molar-refractivity contribution is 7.92. The van der Waals surface area contributed by atoms with Crippen molar-refractivity contribution in [3.05, 3.63) is 99.5 Å². The SMILES string of the molecule is CNC(=O)[C@@H](Cc1ccccc1)N(Cc1c(Cl)cccc1Cl)C(=O)CN(c1ccc(C23CC4CC(CC(C4)C2)C3)cc1)S(C)(=O)=O. The Labute approximate surface area is 282 Å². The fraction of sp³-hybridized carbons (Fsp3) is 0.444. The van der Waals surface area contributed by atoms with Crippen LogP contribution in [0.15, 0.2) is 72.8 Å². The molecule has 244 valence electrons. The summed E-state index contributed by atoms with van der Waals surface area (Å²) >= 11 is 13.1. The molecule has 4 bridgehead atoms. The molecule has 4 aliphatic carbocycles. The molecular weight excluding hydrogens is 641 g/mol. The van der Waals surface area contributed by atoms with Crippen LogP contribution in [-0.2, 0) is 38.0 Å². The third kappa shape index (κ3) is 6.80. The van der Waals surface area contributed by atoms with Gasteiger partial charge in [-0.25, -0.2) is 8.42 Å². The zero-order valence-electron chi connectivity index (χ0n) is 26.3. The molecule has 46 heavy (non-hydrogen) atoms. The molecule has 4 aliphatic rings. The number of likely N-dealkylation sites (N-methyl/N-ethyl adjacent to an activating group) is 1. The van der Waals surface area contributed by atoms with Gasteiger partial charge in [0, 0.05) is 35.6 Å². The normalized spacial score (nSPS) is 24.0. The van der Waals surface area contributed by atoms with Crippen LogP contribution in [0.25, 0.3) is 0 Å². The second kappa shape index (κ2) is 13.2. The Hall–Kier alpha value is -3.07. The zero-order valence-corrected chi connectivity index (χ0v) is 28.6. The van der Waals surface area contributed by atoms with Crippen LogP contribution in [0.1, 0.15) is 55.2 Å². The van der Waals surface area contributed by atoms with Crippen molar-refractivity contribution in [2.75, 3.05) is 24.2 Å². The summed E-state index contributed by atoms with van der Waals surface area (Å²) in [7, 11) is -2.36. The van der Waals surface area contributed by atoms with Gasteiger partial charge in [-0.3, -0.25) is 13.9 Å². The number of hydrogen-bond acceptors (Lipinski definition) is 4. The first-order valence-electron chi connectivity index (χ1n) is 16.0. The van der Waals surface area contributed by atoms with E-state index in [-0.39, 0.29) is 24.3 Å². The Balaban J connectivity index is 1.31. The molecule has 2 amide bonds. The molecule has 0 radical (unpaired) electrons. The molecule has 1 N–H and O–H groups in total. The number of nitrogens with one attached hydrogen (secondary N) is 1. The van der Waals surface area contributed by atoms with Gasteiger partial charge in [-0.05, 0) is 97.1 Å². The lowest BCUT2D eigenvalue weighted by atomic mass is 9.48. The number of nitrogens with zero attached hydrogens (tertiary/aromatic N) is 2. The van der Waals surface area contributed by atoms with Gasteiger partial charge in [-0.2, -0.15) is 0 Å². The van der Waals surface area contributed by atoms with E-state index in [1.807, 2.05) is 42.5 Å². The van der Waals surface area contributed by atoms with Crippen molar-refractivity contribution < 1.29 is 18.0 Å². The summed E-state index contributed by atoms with van der Waals surface area (Å²) in [5, 5.41) is 3.38. The molecule has 0 heterocycles. The van der Waals surface area contributed by atoms with E-state index in [9.17, 15) is 18.0 Å². The molecule has 0 unspecified atom stereocenters. The van der Waals surface area contributed by atoms with Crippen molar-refractivity contribution in [1.29, 1.82) is 0 Å². The first kappa shape index (κ1) is 32.9. The van der Waals surface area contributed by atoms with Crippen molar-refractivity contribution in [2.24, 2.45) is 17.8 Å². The van der Waals surface area contributed by atoms with E-state index in [0.717, 1.165) is 33.9 Å². The predicted molar refractivity (Wildman–Crippen MR) is 183 cm³/mol. The highest BCUT2D eigenvalue weighted by atomic mass is 35.5. The average Bonchev–Trinajstić information content (AvgIpc) is 3.01. The van der Waals surface area contributed by atoms with Crippen LogP contribution < -0.4 is 9.62 Å². The van der Waals surface area contributed by atoms with Crippen molar-refractivity contribution in [2.45, 2.75) is 62.9 Å². The van der Waals surface area contributed by atoms with Crippen LogP contribution in [0.2, 0.25) is 10.0 Å². The van der Waals surface area contributed by atoms with Gasteiger partial charge < -0.3 is 10.2 Å². The molecule has 4 saturated carbocycles. The molecule has 0 aromatic heterocycles. The number of sulfonamides is 1. The Morgan fingerprint density at radius 2 is 1.43 bits per heavy atom. The highest BCUT2D eigenvalue weighted by Crippen LogP contribution is 2.60. The minimum Gasteiger partial charge on any atom is -0.357 e. The van der Waals surface area contributed by atoms with Crippen LogP contribution in [0.3, 0.4) is 0 Å². The van der Waals surface area contributed by atoms with Crippen molar-refractivity contribution in [3.8, 4) is 0 Å². The molecule has 3 aromatic carbocycles. The maximum absolute atomic E-state index is 14.3. The summed E-state index contributed by atoms with van der Waals surface area (Å²) in [6.45, 7) is -0.565. The number of hydrogen-bond donors (Lipinski definition) is 1. The van der Waals surface area contributed by atoms with Gasteiger partial charge in [0.1, 0.15) is 12.6 Å². The van der Waals surface area contributed by atoms with E-state index < -0.39 is 28.5 Å². The summed E-state index contributed by atoms with van der Waals surface area (Å²) < 4.78 is 27.6. The van der Waals surface area contributed by atoms with Crippen LogP contribution in [0.5, 0.6) is 0 Å². The third-order valence-corrected chi connectivity index (χ3v) is 12.2. The predicted octanol–water partition coefficient (Wildman–Crippen LogP) is 6.61. The molecule has 0 saturated heterocycles. The zero-order chi connectivity index (χ0) is 32.6. The molecule has 10 heteroatoms. The average molecular weight is 683 g/mol. The number of amides is 2. The topological polar surface area (TPSA) is 86.8 Å². The van der Waals surface area contributed by atoms with Crippen LogP contribution >= 0.6 is 23.2 Å². The summed E-state index contributed by atoms with van der Waals surface area (Å²) in [6, 6.07) is 21.3. The maximum atomic E-state index is 14.3. The second-order valence-electron chi connectivity index (χ2n) is 13.6. The van der Waals surface area contributed by atoms with Crippen LogP contribution in [0, 0.1) is 17.8 Å². The van der Waals surface area contributed by atoms with E-state index >= 15 is 0 Å². The minimum absolute atomic E-state index is 0.0786. The van der Waals surface area contributed by atoms with Gasteiger partial charge in [-0.15, -0.1) is 0 Å². The van der Waals surface area contributed by atoms with Crippen molar-refractivity contribution in [3.63, 3.8) is 0 Å². The molecule has 0 aliphatic heterocycles. The second-order valence-corrected chi connectivity index (χ2v) is 16.3. The fourth-order valence-electron chi connectivity index (χ4n) is 8.63. The summed E-state index contributed by atoms with van der Waals surface area (Å²) in [4.78, 5) is 29.1. The minimum atomic E-state index is -3.87.